The zero-order valence-electron chi connectivity index (χ0n) is 14.0. The van der Waals surface area contributed by atoms with Crippen molar-refractivity contribution < 1.29 is 19.1 Å². The van der Waals surface area contributed by atoms with E-state index in [0.717, 1.165) is 25.7 Å². The van der Waals surface area contributed by atoms with Crippen LogP contribution in [0.15, 0.2) is 12.2 Å². The Morgan fingerprint density at radius 3 is 2.45 bits per heavy atom. The van der Waals surface area contributed by atoms with Gasteiger partial charge < -0.3 is 9.47 Å². The second-order valence-corrected chi connectivity index (χ2v) is 8.36. The molecule has 0 aromatic heterocycles. The lowest BCUT2D eigenvalue weighted by Crippen LogP contribution is -2.38. The normalized spacial score (nSPS) is 25.4. The molecule has 0 aliphatic heterocycles. The summed E-state index contributed by atoms with van der Waals surface area (Å²) in [6.45, 7) is 11.5. The number of carbonyl (C=O) groups is 2. The third-order valence-electron chi connectivity index (χ3n) is 4.31. The van der Waals surface area contributed by atoms with Gasteiger partial charge in [-0.25, -0.2) is 4.79 Å². The van der Waals surface area contributed by atoms with Crippen molar-refractivity contribution in [2.45, 2.75) is 63.4 Å². The molecular formula is C17H27IO4. The second kappa shape index (κ2) is 8.31. The highest BCUT2D eigenvalue weighted by molar-refractivity contribution is 14.1. The van der Waals surface area contributed by atoms with Gasteiger partial charge in [0, 0.05) is 9.50 Å². The molecule has 1 rings (SSSR count). The fourth-order valence-corrected chi connectivity index (χ4v) is 3.44. The molecular weight excluding hydrogens is 395 g/mol. The highest BCUT2D eigenvalue weighted by Crippen LogP contribution is 2.34. The predicted molar refractivity (Wildman–Crippen MR) is 94.9 cm³/mol. The molecule has 0 bridgehead atoms. The lowest BCUT2D eigenvalue weighted by atomic mass is 9.87. The van der Waals surface area contributed by atoms with Crippen molar-refractivity contribution in [3.05, 3.63) is 12.2 Å². The summed E-state index contributed by atoms with van der Waals surface area (Å²) in [6, 6.07) is 0. The van der Waals surface area contributed by atoms with Crippen LogP contribution in [0.1, 0.15) is 53.4 Å². The Bertz CT molecular complexity index is 430. The van der Waals surface area contributed by atoms with Crippen molar-refractivity contribution in [2.75, 3.05) is 6.61 Å². The van der Waals surface area contributed by atoms with Crippen molar-refractivity contribution >= 4 is 34.5 Å². The molecule has 22 heavy (non-hydrogen) atoms. The zero-order chi connectivity index (χ0) is 16.9. The summed E-state index contributed by atoms with van der Waals surface area (Å²) in [5.74, 6) is -0.114. The molecule has 0 aromatic rings. The quantitative estimate of drug-likeness (QED) is 0.281. The van der Waals surface area contributed by atoms with Crippen LogP contribution in [0.4, 0.5) is 0 Å². The summed E-state index contributed by atoms with van der Waals surface area (Å²) in [7, 11) is 0. The van der Waals surface area contributed by atoms with Crippen LogP contribution in [-0.4, -0.2) is 28.6 Å². The van der Waals surface area contributed by atoms with E-state index in [-0.39, 0.29) is 22.0 Å². The minimum Gasteiger partial charge on any atom is -0.462 e. The van der Waals surface area contributed by atoms with Crippen LogP contribution in [-0.2, 0) is 19.1 Å². The molecule has 126 valence electrons. The van der Waals surface area contributed by atoms with Gasteiger partial charge in [0.15, 0.2) is 0 Å². The minimum absolute atomic E-state index is 0.0352. The van der Waals surface area contributed by atoms with Crippen molar-refractivity contribution in [1.82, 2.24) is 0 Å². The molecule has 5 heteroatoms. The Hall–Kier alpha value is -0.590. The molecule has 0 radical (unpaired) electrons. The first-order valence-corrected chi connectivity index (χ1v) is 9.09. The fourth-order valence-electron chi connectivity index (χ4n) is 2.21. The van der Waals surface area contributed by atoms with E-state index in [1.165, 1.54) is 0 Å². The van der Waals surface area contributed by atoms with Gasteiger partial charge in [0.25, 0.3) is 0 Å². The number of ether oxygens (including phenoxy) is 2. The van der Waals surface area contributed by atoms with E-state index in [9.17, 15) is 9.59 Å². The van der Waals surface area contributed by atoms with Crippen LogP contribution in [0.5, 0.6) is 0 Å². The molecule has 0 heterocycles. The van der Waals surface area contributed by atoms with Crippen LogP contribution in [0.25, 0.3) is 0 Å². The van der Waals surface area contributed by atoms with Gasteiger partial charge in [0.2, 0.25) is 0 Å². The highest BCUT2D eigenvalue weighted by atomic mass is 127. The molecule has 0 saturated heterocycles. The van der Waals surface area contributed by atoms with E-state index in [0.29, 0.717) is 18.1 Å². The molecule has 0 N–H and O–H groups in total. The number of alkyl halides is 1. The van der Waals surface area contributed by atoms with E-state index < -0.39 is 5.41 Å². The van der Waals surface area contributed by atoms with Gasteiger partial charge in [-0.1, -0.05) is 36.1 Å². The van der Waals surface area contributed by atoms with Crippen molar-refractivity contribution in [3.8, 4) is 0 Å². The Balaban J connectivity index is 2.44. The standard InChI is InChI=1S/C17H27IO4/c1-6-17(4,5)16(20)22-14-8-7-12(9-13(14)18)10-21-15(19)11(2)3/h12-14H,2,6-10H2,1,3-5H3. The SMILES string of the molecule is C=C(C)C(=O)OCC1CCC(OC(=O)C(C)(C)CC)C(I)C1. The average molecular weight is 422 g/mol. The molecule has 0 spiro atoms. The Morgan fingerprint density at radius 1 is 1.32 bits per heavy atom. The molecule has 3 unspecified atom stereocenters. The summed E-state index contributed by atoms with van der Waals surface area (Å²) in [6.07, 6.45) is 3.37. The lowest BCUT2D eigenvalue weighted by molar-refractivity contribution is -0.161. The maximum Gasteiger partial charge on any atom is 0.333 e. The first-order chi connectivity index (χ1) is 10.2. The van der Waals surface area contributed by atoms with Gasteiger partial charge >= 0.3 is 11.9 Å². The number of hydrogen-bond donors (Lipinski definition) is 0. The van der Waals surface area contributed by atoms with E-state index in [1.807, 2.05) is 20.8 Å². The third kappa shape index (κ3) is 5.56. The van der Waals surface area contributed by atoms with Gasteiger partial charge in [-0.2, -0.15) is 0 Å². The first kappa shape index (κ1) is 19.5. The van der Waals surface area contributed by atoms with Crippen LogP contribution in [0, 0.1) is 11.3 Å². The maximum absolute atomic E-state index is 12.2. The molecule has 3 atom stereocenters. The zero-order valence-corrected chi connectivity index (χ0v) is 16.1. The van der Waals surface area contributed by atoms with Crippen LogP contribution in [0.3, 0.4) is 0 Å². The fraction of sp³-hybridized carbons (Fsp3) is 0.765. The highest BCUT2D eigenvalue weighted by Gasteiger charge is 2.35. The van der Waals surface area contributed by atoms with Gasteiger partial charge in [0.05, 0.1) is 12.0 Å². The van der Waals surface area contributed by atoms with E-state index in [2.05, 4.69) is 29.2 Å². The van der Waals surface area contributed by atoms with Crippen LogP contribution >= 0.6 is 22.6 Å². The van der Waals surface area contributed by atoms with Crippen LogP contribution in [0.2, 0.25) is 0 Å². The van der Waals surface area contributed by atoms with E-state index in [4.69, 9.17) is 9.47 Å². The summed E-state index contributed by atoms with van der Waals surface area (Å²) in [5, 5.41) is 0. The van der Waals surface area contributed by atoms with Gasteiger partial charge in [-0.05, 0) is 52.4 Å². The molecule has 1 aliphatic carbocycles. The number of carbonyl (C=O) groups excluding carboxylic acids is 2. The Morgan fingerprint density at radius 2 is 1.95 bits per heavy atom. The third-order valence-corrected chi connectivity index (χ3v) is 5.63. The Labute approximate surface area is 147 Å². The molecule has 1 aliphatic rings. The van der Waals surface area contributed by atoms with E-state index in [1.54, 1.807) is 6.92 Å². The molecule has 1 fully saturated rings. The summed E-state index contributed by atoms with van der Waals surface area (Å²) < 4.78 is 11.2. The number of halogens is 1. The van der Waals surface area contributed by atoms with Crippen molar-refractivity contribution in [3.63, 3.8) is 0 Å². The number of hydrogen-bond acceptors (Lipinski definition) is 4. The van der Waals surface area contributed by atoms with Crippen molar-refractivity contribution in [1.29, 1.82) is 0 Å². The molecule has 1 saturated carbocycles. The molecule has 0 amide bonds. The molecule has 4 nitrogen and oxygen atoms in total. The van der Waals surface area contributed by atoms with Gasteiger partial charge in [0.1, 0.15) is 6.10 Å². The average Bonchev–Trinajstić information content (AvgIpc) is 2.46. The summed E-state index contributed by atoms with van der Waals surface area (Å²) in [5.41, 5.74) is -0.0000327. The number of esters is 2. The second-order valence-electron chi connectivity index (χ2n) is 6.76. The van der Waals surface area contributed by atoms with E-state index >= 15 is 0 Å². The lowest BCUT2D eigenvalue weighted by Gasteiger charge is -2.34. The smallest absolute Gasteiger partial charge is 0.333 e. The predicted octanol–water partition coefficient (Wildman–Crippen LogP) is 4.06. The summed E-state index contributed by atoms with van der Waals surface area (Å²) in [4.78, 5) is 23.6. The van der Waals surface area contributed by atoms with Crippen molar-refractivity contribution in [2.24, 2.45) is 11.3 Å². The minimum atomic E-state index is -0.426. The first-order valence-electron chi connectivity index (χ1n) is 7.85. The topological polar surface area (TPSA) is 52.6 Å². The largest absolute Gasteiger partial charge is 0.462 e. The Kier molecular flexibility index (Phi) is 7.35. The summed E-state index contributed by atoms with van der Waals surface area (Å²) >= 11 is 2.34. The monoisotopic (exact) mass is 422 g/mol. The van der Waals surface area contributed by atoms with Crippen LogP contribution < -0.4 is 0 Å². The van der Waals surface area contributed by atoms with Gasteiger partial charge in [-0.15, -0.1) is 0 Å². The molecule has 0 aromatic carbocycles. The number of rotatable bonds is 6. The maximum atomic E-state index is 12.2. The van der Waals surface area contributed by atoms with Gasteiger partial charge in [-0.3, -0.25) is 4.79 Å².